The molecule has 0 aromatic heterocycles. The van der Waals surface area contributed by atoms with Crippen molar-refractivity contribution in [2.24, 2.45) is 0 Å². The fraction of sp³-hybridized carbons (Fsp3) is 1.00. The smallest absolute Gasteiger partial charge is 0.374 e. The number of alkyl halides is 6. The van der Waals surface area contributed by atoms with Crippen molar-refractivity contribution in [3.8, 4) is 0 Å². The minimum Gasteiger partial charge on any atom is -0.374 e. The Hall–Kier alpha value is -0.323. The molecule has 0 saturated heterocycles. The molecule has 0 aliphatic heterocycles. The Kier molecular flexibility index (Phi) is 10.3. The average Bonchev–Trinajstić information content (AvgIpc) is 2.45. The van der Waals surface area contributed by atoms with E-state index >= 15 is 0 Å². The Labute approximate surface area is 127 Å². The van der Waals surface area contributed by atoms with Crippen LogP contribution in [0.4, 0.5) is 26.3 Å². The van der Waals surface area contributed by atoms with Gasteiger partial charge in [-0.2, -0.15) is 0 Å². The van der Waals surface area contributed by atoms with E-state index in [4.69, 9.17) is 13.3 Å². The Balaban J connectivity index is 4.95. The van der Waals surface area contributed by atoms with Crippen LogP contribution in [0.5, 0.6) is 0 Å². The molecule has 0 aliphatic rings. The zero-order valence-electron chi connectivity index (χ0n) is 12.7. The first kappa shape index (κ1) is 21.7. The molecule has 0 aromatic rings. The van der Waals surface area contributed by atoms with Crippen LogP contribution in [0, 0.1) is 0 Å². The maximum Gasteiger partial charge on any atom is 0.504 e. The van der Waals surface area contributed by atoms with Gasteiger partial charge in [-0.1, -0.05) is 0 Å². The minimum absolute atomic E-state index is 0.0811. The highest BCUT2D eigenvalue weighted by atomic mass is 28.4. The molecule has 3 nitrogen and oxygen atoms in total. The van der Waals surface area contributed by atoms with Crippen LogP contribution in [0.3, 0.4) is 0 Å². The molecule has 10 heteroatoms. The van der Waals surface area contributed by atoms with E-state index in [1.165, 1.54) is 0 Å². The van der Waals surface area contributed by atoms with Gasteiger partial charge in [-0.05, 0) is 20.8 Å². The van der Waals surface area contributed by atoms with Crippen molar-refractivity contribution < 1.29 is 39.6 Å². The van der Waals surface area contributed by atoms with Crippen LogP contribution in [0.15, 0.2) is 0 Å². The molecule has 0 rings (SSSR count). The molecule has 0 N–H and O–H groups in total. The van der Waals surface area contributed by atoms with E-state index in [1.807, 2.05) is 0 Å². The summed E-state index contributed by atoms with van der Waals surface area (Å²) in [5.41, 5.74) is 0. The molecule has 0 aromatic carbocycles. The second-order valence-corrected chi connectivity index (χ2v) is 7.01. The van der Waals surface area contributed by atoms with E-state index in [2.05, 4.69) is 0 Å². The highest BCUT2D eigenvalue weighted by Crippen LogP contribution is 2.28. The largest absolute Gasteiger partial charge is 0.504 e. The standard InChI is InChI=1S/C12H22F6O3Si/c1-4-19-22(20-5-2,21-6-3)7-8(13)9(14)10(15)11(16)12(17)18/h8-12H,4-7H2,1-3H3. The average molecular weight is 356 g/mol. The van der Waals surface area contributed by atoms with Crippen LogP contribution in [-0.2, 0) is 13.3 Å². The van der Waals surface area contributed by atoms with E-state index in [0.717, 1.165) is 0 Å². The molecular weight excluding hydrogens is 334 g/mol. The van der Waals surface area contributed by atoms with Crippen molar-refractivity contribution in [3.63, 3.8) is 0 Å². The van der Waals surface area contributed by atoms with Crippen molar-refractivity contribution in [1.29, 1.82) is 0 Å². The summed E-state index contributed by atoms with van der Waals surface area (Å²) in [6, 6.07) is -0.778. The third-order valence-electron chi connectivity index (χ3n) is 2.73. The SMILES string of the molecule is CCO[Si](CC(F)C(F)C(F)C(F)C(F)F)(OCC)OCC. The molecule has 0 aliphatic carbocycles. The quantitative estimate of drug-likeness (QED) is 0.395. The first-order valence-corrected chi connectivity index (χ1v) is 8.94. The van der Waals surface area contributed by atoms with Gasteiger partial charge in [0.05, 0.1) is 6.04 Å². The van der Waals surface area contributed by atoms with Gasteiger partial charge >= 0.3 is 8.80 Å². The lowest BCUT2D eigenvalue weighted by molar-refractivity contribution is -0.0403. The second kappa shape index (κ2) is 10.5. The third-order valence-corrected chi connectivity index (χ3v) is 5.81. The molecule has 0 bridgehead atoms. The second-order valence-electron chi connectivity index (χ2n) is 4.37. The molecule has 0 heterocycles. The highest BCUT2D eigenvalue weighted by Gasteiger charge is 2.49. The summed E-state index contributed by atoms with van der Waals surface area (Å²) in [5.74, 6) is 0. The van der Waals surface area contributed by atoms with Gasteiger partial charge in [-0.15, -0.1) is 0 Å². The van der Waals surface area contributed by atoms with Crippen LogP contribution in [-0.4, -0.2) is 59.7 Å². The van der Waals surface area contributed by atoms with Crippen molar-refractivity contribution >= 4 is 8.80 Å². The Morgan fingerprint density at radius 3 is 1.41 bits per heavy atom. The summed E-state index contributed by atoms with van der Waals surface area (Å²) in [4.78, 5) is 0. The maximum absolute atomic E-state index is 13.9. The van der Waals surface area contributed by atoms with E-state index in [1.54, 1.807) is 20.8 Å². The zero-order valence-corrected chi connectivity index (χ0v) is 13.7. The normalized spacial score (nSPS) is 18.3. The molecule has 0 saturated carbocycles. The molecule has 0 amide bonds. The predicted molar refractivity (Wildman–Crippen MR) is 71.0 cm³/mol. The lowest BCUT2D eigenvalue weighted by Crippen LogP contribution is -2.50. The van der Waals surface area contributed by atoms with E-state index in [-0.39, 0.29) is 19.8 Å². The van der Waals surface area contributed by atoms with Crippen LogP contribution in [0.2, 0.25) is 6.04 Å². The fourth-order valence-corrected chi connectivity index (χ4v) is 4.45. The van der Waals surface area contributed by atoms with E-state index < -0.39 is 46.0 Å². The van der Waals surface area contributed by atoms with Crippen LogP contribution < -0.4 is 0 Å². The van der Waals surface area contributed by atoms with Crippen molar-refractivity contribution in [3.05, 3.63) is 0 Å². The van der Waals surface area contributed by atoms with Gasteiger partial charge in [-0.25, -0.2) is 26.3 Å². The topological polar surface area (TPSA) is 27.7 Å². The lowest BCUT2D eigenvalue weighted by atomic mass is 10.1. The van der Waals surface area contributed by atoms with Gasteiger partial charge in [0, 0.05) is 19.8 Å². The molecule has 134 valence electrons. The lowest BCUT2D eigenvalue weighted by Gasteiger charge is -2.31. The first-order valence-electron chi connectivity index (χ1n) is 7.00. The number of halogens is 6. The van der Waals surface area contributed by atoms with Crippen molar-refractivity contribution in [2.75, 3.05) is 19.8 Å². The van der Waals surface area contributed by atoms with Gasteiger partial charge in [0.1, 0.15) is 6.17 Å². The van der Waals surface area contributed by atoms with Crippen molar-refractivity contribution in [1.82, 2.24) is 0 Å². The summed E-state index contributed by atoms with van der Waals surface area (Å²) in [7, 11) is -3.62. The molecule has 0 fully saturated rings. The summed E-state index contributed by atoms with van der Waals surface area (Å²) in [6.07, 6.45) is -16.0. The monoisotopic (exact) mass is 356 g/mol. The summed E-state index contributed by atoms with van der Waals surface area (Å²) >= 11 is 0. The van der Waals surface area contributed by atoms with Gasteiger partial charge in [0.15, 0.2) is 18.5 Å². The first-order chi connectivity index (χ1) is 10.2. The van der Waals surface area contributed by atoms with Gasteiger partial charge in [0.2, 0.25) is 0 Å². The predicted octanol–water partition coefficient (Wildman–Crippen LogP) is 3.65. The minimum atomic E-state index is -3.73. The Bertz CT molecular complexity index is 283. The van der Waals surface area contributed by atoms with Gasteiger partial charge in [0.25, 0.3) is 6.43 Å². The molecule has 4 atom stereocenters. The Morgan fingerprint density at radius 2 is 1.09 bits per heavy atom. The zero-order chi connectivity index (χ0) is 17.3. The van der Waals surface area contributed by atoms with Gasteiger partial charge in [-0.3, -0.25) is 0 Å². The number of hydrogen-bond donors (Lipinski definition) is 0. The van der Waals surface area contributed by atoms with E-state index in [0.29, 0.717) is 0 Å². The Morgan fingerprint density at radius 1 is 0.682 bits per heavy atom. The summed E-state index contributed by atoms with van der Waals surface area (Å²) < 4.78 is 93.3. The van der Waals surface area contributed by atoms with Crippen LogP contribution in [0.1, 0.15) is 20.8 Å². The molecule has 22 heavy (non-hydrogen) atoms. The maximum atomic E-state index is 13.9. The van der Waals surface area contributed by atoms with Gasteiger partial charge < -0.3 is 13.3 Å². The molecular formula is C12H22F6O3Si. The van der Waals surface area contributed by atoms with Crippen molar-refractivity contribution in [2.45, 2.75) is 57.9 Å². The fourth-order valence-electron chi connectivity index (χ4n) is 1.83. The molecule has 0 spiro atoms. The molecule has 0 radical (unpaired) electrons. The number of hydrogen-bond acceptors (Lipinski definition) is 3. The summed E-state index contributed by atoms with van der Waals surface area (Å²) in [6.45, 7) is 4.97. The van der Waals surface area contributed by atoms with E-state index in [9.17, 15) is 26.3 Å². The third kappa shape index (κ3) is 6.43. The van der Waals surface area contributed by atoms with Crippen LogP contribution in [0.25, 0.3) is 0 Å². The molecule has 4 unspecified atom stereocenters. The highest BCUT2D eigenvalue weighted by molar-refractivity contribution is 6.60. The summed E-state index contributed by atoms with van der Waals surface area (Å²) in [5, 5.41) is 0. The van der Waals surface area contributed by atoms with Crippen LogP contribution >= 0.6 is 0 Å². The number of rotatable bonds is 12.